The number of thiophene rings is 1. The molecule has 9 aromatic rings. The number of aromatic nitrogens is 4. The van der Waals surface area contributed by atoms with Crippen LogP contribution in [0.2, 0.25) is 0 Å². The minimum Gasteiger partial charge on any atom is -0.503 e. The number of fused-ring (bicyclic) bond motifs is 7. The normalized spacial score (nSPS) is 12.3. The van der Waals surface area contributed by atoms with Crippen molar-refractivity contribution in [3.8, 4) is 28.6 Å². The Hall–Kier alpha value is -4.90. The molecule has 0 saturated carbocycles. The summed E-state index contributed by atoms with van der Waals surface area (Å²) >= 11 is 1.77. The van der Waals surface area contributed by atoms with Gasteiger partial charge >= 0.3 is 21.1 Å². The Morgan fingerprint density at radius 1 is 0.741 bits per heavy atom. The van der Waals surface area contributed by atoms with Crippen LogP contribution >= 0.6 is 11.3 Å². The Morgan fingerprint density at radius 2 is 1.56 bits per heavy atom. The summed E-state index contributed by atoms with van der Waals surface area (Å²) < 4.78 is 11.0. The van der Waals surface area contributed by atoms with Crippen LogP contribution in [-0.2, 0) is 32.9 Å². The molecule has 0 fully saturated rings. The molecule has 0 aliphatic heterocycles. The summed E-state index contributed by atoms with van der Waals surface area (Å²) in [6.45, 7) is 15.6. The van der Waals surface area contributed by atoms with Crippen molar-refractivity contribution in [2.75, 3.05) is 0 Å². The Balaban J connectivity index is 0.00000413. The number of hydrogen-bond acceptors (Lipinski definition) is 5. The smallest absolute Gasteiger partial charge is 0.503 e. The van der Waals surface area contributed by atoms with E-state index in [0.717, 1.165) is 61.1 Å². The molecule has 5 nitrogen and oxygen atoms in total. The number of nitrogens with zero attached hydrogens (tertiary/aromatic N) is 4. The molecule has 0 N–H and O–H groups in total. The van der Waals surface area contributed by atoms with Gasteiger partial charge in [0.05, 0.1) is 5.69 Å². The molecule has 5 aromatic carbocycles. The van der Waals surface area contributed by atoms with Gasteiger partial charge in [0.25, 0.3) is 0 Å². The first-order chi connectivity index (χ1) is 25.4. The average Bonchev–Trinajstić information content (AvgIpc) is 3.65. The van der Waals surface area contributed by atoms with E-state index in [1.807, 2.05) is 37.4 Å². The van der Waals surface area contributed by atoms with Crippen molar-refractivity contribution in [1.82, 2.24) is 19.7 Å². The molecule has 270 valence electrons. The number of hydrogen-bond donors (Lipinski definition) is 0. The van der Waals surface area contributed by atoms with Crippen molar-refractivity contribution in [3.05, 3.63) is 132 Å². The Kier molecular flexibility index (Phi) is 8.98. The summed E-state index contributed by atoms with van der Waals surface area (Å²) in [4.78, 5) is 4.82. The first-order valence-corrected chi connectivity index (χ1v) is 19.0. The van der Waals surface area contributed by atoms with Crippen molar-refractivity contribution in [2.45, 2.75) is 60.3 Å². The van der Waals surface area contributed by atoms with Crippen molar-refractivity contribution >= 4 is 64.1 Å². The fourth-order valence-corrected chi connectivity index (χ4v) is 8.76. The number of aryl methyl sites for hydroxylation is 1. The van der Waals surface area contributed by atoms with Crippen LogP contribution in [0.3, 0.4) is 0 Å². The summed E-state index contributed by atoms with van der Waals surface area (Å²) in [6.07, 6.45) is 2.93. The third-order valence-corrected chi connectivity index (χ3v) is 11.1. The van der Waals surface area contributed by atoms with Crippen LogP contribution in [0.5, 0.6) is 11.5 Å². The molecule has 0 saturated heterocycles. The van der Waals surface area contributed by atoms with Gasteiger partial charge in [-0.25, -0.2) is 4.98 Å². The molecule has 7 heteroatoms. The second-order valence-corrected chi connectivity index (χ2v) is 17.4. The van der Waals surface area contributed by atoms with Gasteiger partial charge < -0.3 is 9.30 Å². The molecular weight excluding hydrogens is 864 g/mol. The molecular formula is C47H40N4OPtS. The molecule has 0 aliphatic carbocycles. The summed E-state index contributed by atoms with van der Waals surface area (Å²) in [5, 5.41) is 16.5. The van der Waals surface area contributed by atoms with E-state index < -0.39 is 0 Å². The van der Waals surface area contributed by atoms with Crippen LogP contribution in [0.4, 0.5) is 0 Å². The molecule has 0 amide bonds. The number of pyridine rings is 1. The third-order valence-electron chi connectivity index (χ3n) is 9.96. The second kappa shape index (κ2) is 13.4. The van der Waals surface area contributed by atoms with E-state index in [4.69, 9.17) is 14.8 Å². The van der Waals surface area contributed by atoms with E-state index in [1.165, 1.54) is 32.0 Å². The number of ether oxygens (including phenoxy) is 1. The fraction of sp³-hybridized carbons (Fsp3) is 0.213. The SMILES string of the molecule is Cc1nnc(-c2[c-]c(Oc3[c-]c4c(cc3)c3ccccc3n4-c3cc(C(C)(C)C)ccn3)ccc2)c2sc3cc4cc(CC(C)(C)C)ccc4cc3c12.[Pt+2]. The van der Waals surface area contributed by atoms with E-state index >= 15 is 0 Å². The van der Waals surface area contributed by atoms with Gasteiger partial charge in [0.2, 0.25) is 0 Å². The van der Waals surface area contributed by atoms with Crippen LogP contribution < -0.4 is 4.74 Å². The topological polar surface area (TPSA) is 52.8 Å². The first kappa shape index (κ1) is 36.1. The van der Waals surface area contributed by atoms with Crippen molar-refractivity contribution < 1.29 is 25.8 Å². The molecule has 0 spiro atoms. The zero-order valence-electron chi connectivity index (χ0n) is 31.4. The molecule has 54 heavy (non-hydrogen) atoms. The molecule has 0 unspecified atom stereocenters. The van der Waals surface area contributed by atoms with Crippen LogP contribution in [-0.4, -0.2) is 19.7 Å². The van der Waals surface area contributed by atoms with E-state index in [0.29, 0.717) is 11.5 Å². The van der Waals surface area contributed by atoms with E-state index in [1.54, 1.807) is 11.3 Å². The maximum Gasteiger partial charge on any atom is 2.00 e. The first-order valence-electron chi connectivity index (χ1n) is 18.1. The molecule has 4 heterocycles. The average molecular weight is 904 g/mol. The minimum atomic E-state index is -0.0113. The van der Waals surface area contributed by atoms with Gasteiger partial charge in [-0.15, -0.1) is 52.6 Å². The van der Waals surface area contributed by atoms with Gasteiger partial charge in [-0.3, -0.25) is 0 Å². The van der Waals surface area contributed by atoms with Gasteiger partial charge in [0, 0.05) is 49.1 Å². The molecule has 0 aliphatic rings. The van der Waals surface area contributed by atoms with Gasteiger partial charge in [0.15, 0.2) is 0 Å². The predicted octanol–water partition coefficient (Wildman–Crippen LogP) is 12.7. The maximum absolute atomic E-state index is 6.52. The quantitative estimate of drug-likeness (QED) is 0.162. The standard InChI is InChI=1S/C47H40N4OS.Pt/c1-28-43-38-23-30-16-15-29(27-46(2,3)4)21-32(30)24-41(38)53-45(43)44(50-49-28)31-11-10-12-34(22-31)52-35-17-18-37-36-13-8-9-14-39(36)51(40(37)26-35)42-25-33(19-20-48-42)47(5,6)7;/h8-21,23-25H,27H2,1-7H3;/q-2;+2. The Labute approximate surface area is 334 Å². The fourth-order valence-electron chi connectivity index (χ4n) is 7.48. The molecule has 9 rings (SSSR count). The van der Waals surface area contributed by atoms with E-state index in [9.17, 15) is 0 Å². The van der Waals surface area contributed by atoms with E-state index in [2.05, 4.69) is 136 Å². The van der Waals surface area contributed by atoms with Gasteiger partial charge in [-0.1, -0.05) is 89.5 Å². The van der Waals surface area contributed by atoms with Gasteiger partial charge in [-0.05, 0) is 81.8 Å². The van der Waals surface area contributed by atoms with Gasteiger partial charge in [-0.2, -0.15) is 16.3 Å². The Bertz CT molecular complexity index is 2890. The third kappa shape index (κ3) is 6.50. The monoisotopic (exact) mass is 903 g/mol. The number of benzene rings is 5. The zero-order valence-corrected chi connectivity index (χ0v) is 34.5. The predicted molar refractivity (Wildman–Crippen MR) is 221 cm³/mol. The van der Waals surface area contributed by atoms with E-state index in [-0.39, 0.29) is 31.9 Å². The van der Waals surface area contributed by atoms with Crippen LogP contribution in [0.25, 0.3) is 69.8 Å². The van der Waals surface area contributed by atoms with Crippen LogP contribution in [0, 0.1) is 24.5 Å². The maximum atomic E-state index is 6.52. The van der Waals surface area contributed by atoms with Crippen LogP contribution in [0.1, 0.15) is 58.4 Å². The minimum absolute atomic E-state index is 0. The summed E-state index contributed by atoms with van der Waals surface area (Å²) in [5.41, 5.74) is 7.35. The number of para-hydroxylation sites is 1. The Morgan fingerprint density at radius 3 is 2.37 bits per heavy atom. The van der Waals surface area contributed by atoms with Crippen molar-refractivity contribution in [1.29, 1.82) is 0 Å². The molecule has 0 atom stereocenters. The number of rotatable bonds is 5. The molecule has 0 radical (unpaired) electrons. The largest absolute Gasteiger partial charge is 2.00 e. The summed E-state index contributed by atoms with van der Waals surface area (Å²) in [6, 6.07) is 41.3. The molecule has 0 bridgehead atoms. The van der Waals surface area contributed by atoms with Crippen LogP contribution in [0.15, 0.2) is 103 Å². The zero-order chi connectivity index (χ0) is 36.6. The summed E-state index contributed by atoms with van der Waals surface area (Å²) in [5.74, 6) is 2.04. The van der Waals surface area contributed by atoms with Crippen molar-refractivity contribution in [3.63, 3.8) is 0 Å². The molecule has 4 aromatic heterocycles. The van der Waals surface area contributed by atoms with Crippen molar-refractivity contribution in [2.24, 2.45) is 5.41 Å². The second-order valence-electron chi connectivity index (χ2n) is 16.3. The summed E-state index contributed by atoms with van der Waals surface area (Å²) in [7, 11) is 0. The van der Waals surface area contributed by atoms with Gasteiger partial charge in [0.1, 0.15) is 5.82 Å².